The van der Waals surface area contributed by atoms with Gasteiger partial charge in [-0.05, 0) is 76.8 Å². The fourth-order valence-corrected chi connectivity index (χ4v) is 5.95. The van der Waals surface area contributed by atoms with Crippen molar-refractivity contribution < 1.29 is 14.8 Å². The lowest BCUT2D eigenvalue weighted by Gasteiger charge is -2.44. The number of benzene rings is 1. The molecule has 3 aromatic heterocycles. The van der Waals surface area contributed by atoms with Crippen LogP contribution in [0.15, 0.2) is 60.8 Å². The summed E-state index contributed by atoms with van der Waals surface area (Å²) < 4.78 is 17.2. The van der Waals surface area contributed by atoms with Crippen LogP contribution in [0.25, 0.3) is 28.0 Å². The summed E-state index contributed by atoms with van der Waals surface area (Å²) in [6.07, 6.45) is 3.69. The zero-order chi connectivity index (χ0) is 28.3. The summed E-state index contributed by atoms with van der Waals surface area (Å²) in [5.41, 5.74) is 1.25. The van der Waals surface area contributed by atoms with Crippen LogP contribution in [0.5, 0.6) is 0 Å². The Morgan fingerprint density at radius 2 is 1.85 bits per heavy atom. The van der Waals surface area contributed by atoms with Crippen molar-refractivity contribution in [3.05, 3.63) is 72.2 Å². The zero-order valence-electron chi connectivity index (χ0n) is 22.7. The molecule has 2 fully saturated rings. The number of aliphatic hydroxyl groups is 2. The Hall–Kier alpha value is -3.33. The van der Waals surface area contributed by atoms with E-state index in [1.807, 2.05) is 69.3 Å². The van der Waals surface area contributed by atoms with Crippen LogP contribution in [-0.4, -0.2) is 45.4 Å². The Bertz CT molecular complexity index is 1620. The number of pyridine rings is 2. The number of aliphatic hydroxyl groups excluding tert-OH is 1. The van der Waals surface area contributed by atoms with Gasteiger partial charge in [0.25, 0.3) is 0 Å². The molecule has 6 rings (SSSR count). The van der Waals surface area contributed by atoms with E-state index in [-0.39, 0.29) is 5.92 Å². The van der Waals surface area contributed by atoms with E-state index in [4.69, 9.17) is 9.97 Å². The Morgan fingerprint density at radius 3 is 2.52 bits per heavy atom. The van der Waals surface area contributed by atoms with E-state index in [0.717, 1.165) is 35.0 Å². The molecule has 3 heterocycles. The highest BCUT2D eigenvalue weighted by atomic mass is 32.2. The molecule has 0 saturated heterocycles. The smallest absolute Gasteiger partial charge is 0.203 e. The van der Waals surface area contributed by atoms with E-state index in [9.17, 15) is 20.0 Å². The van der Waals surface area contributed by atoms with Gasteiger partial charge in [0.2, 0.25) is 5.72 Å². The van der Waals surface area contributed by atoms with Crippen molar-refractivity contribution in [2.45, 2.75) is 68.4 Å². The summed E-state index contributed by atoms with van der Waals surface area (Å²) in [4.78, 5) is 9.61. The number of fused-ring (bicyclic) bond motifs is 1. The van der Waals surface area contributed by atoms with Gasteiger partial charge < -0.3 is 14.8 Å². The van der Waals surface area contributed by atoms with Crippen molar-refractivity contribution >= 4 is 22.3 Å². The van der Waals surface area contributed by atoms with Crippen molar-refractivity contribution in [2.24, 2.45) is 5.92 Å². The molecule has 2 aliphatic rings. The van der Waals surface area contributed by atoms with Crippen LogP contribution in [0.3, 0.4) is 0 Å². The zero-order valence-corrected chi connectivity index (χ0v) is 23.5. The fourth-order valence-electron chi connectivity index (χ4n) is 5.09. The predicted octanol–water partition coefficient (Wildman–Crippen LogP) is 4.01. The highest BCUT2D eigenvalue weighted by Crippen LogP contribution is 2.47. The molecule has 2 aliphatic carbocycles. The number of nitrogens with zero attached hydrogens (tertiary/aromatic N) is 5. The van der Waals surface area contributed by atoms with E-state index >= 15 is 0 Å². The topological polar surface area (TPSA) is 143 Å². The van der Waals surface area contributed by atoms with Gasteiger partial charge in [0, 0.05) is 28.2 Å². The molecule has 0 bridgehead atoms. The number of nitriles is 1. The lowest BCUT2D eigenvalue weighted by atomic mass is 9.74. The maximum Gasteiger partial charge on any atom is 0.203 e. The van der Waals surface area contributed by atoms with E-state index in [1.165, 1.54) is 0 Å². The minimum atomic E-state index is -1.66. The summed E-state index contributed by atoms with van der Waals surface area (Å²) in [7, 11) is 0. The van der Waals surface area contributed by atoms with Gasteiger partial charge in [0.15, 0.2) is 5.82 Å². The first-order valence-corrected chi connectivity index (χ1v) is 14.6. The quantitative estimate of drug-likeness (QED) is 0.229. The average Bonchev–Trinajstić information content (AvgIpc) is 3.62. The second kappa shape index (κ2) is 9.65. The maximum atomic E-state index is 13.0. The molecule has 4 aromatic rings. The minimum Gasteiger partial charge on any atom is -0.598 e. The second-order valence-electron chi connectivity index (χ2n) is 11.9. The normalized spacial score (nSPS) is 22.2. The third-order valence-corrected chi connectivity index (χ3v) is 9.53. The van der Waals surface area contributed by atoms with Crippen LogP contribution in [0, 0.1) is 17.2 Å². The Labute approximate surface area is 236 Å². The Kier molecular flexibility index (Phi) is 6.48. The third-order valence-electron chi connectivity index (χ3n) is 7.92. The van der Waals surface area contributed by atoms with Crippen molar-refractivity contribution in [1.82, 2.24) is 24.5 Å². The van der Waals surface area contributed by atoms with E-state index < -0.39 is 33.4 Å². The van der Waals surface area contributed by atoms with Crippen molar-refractivity contribution in [1.29, 1.82) is 5.26 Å². The van der Waals surface area contributed by atoms with Crippen LogP contribution in [-0.2, 0) is 22.5 Å². The number of rotatable bonds is 7. The first-order chi connectivity index (χ1) is 19.0. The van der Waals surface area contributed by atoms with Gasteiger partial charge in [-0.15, -0.1) is 4.72 Å². The summed E-state index contributed by atoms with van der Waals surface area (Å²) >= 11 is -1.56. The van der Waals surface area contributed by atoms with Gasteiger partial charge in [-0.2, -0.15) is 10.4 Å². The van der Waals surface area contributed by atoms with Crippen molar-refractivity contribution in [3.63, 3.8) is 0 Å². The molecule has 0 spiro atoms. The van der Waals surface area contributed by atoms with Gasteiger partial charge >= 0.3 is 0 Å². The van der Waals surface area contributed by atoms with Crippen LogP contribution < -0.4 is 4.72 Å². The first-order valence-electron chi connectivity index (χ1n) is 13.5. The molecule has 2 unspecified atom stereocenters. The number of hydrogen-bond acceptors (Lipinski definition) is 8. The summed E-state index contributed by atoms with van der Waals surface area (Å²) in [5, 5.41) is 37.0. The molecule has 3 N–H and O–H groups in total. The molecule has 0 amide bonds. The molecule has 1 aromatic carbocycles. The molecule has 40 heavy (non-hydrogen) atoms. The van der Waals surface area contributed by atoms with Crippen LogP contribution in [0.1, 0.15) is 57.8 Å². The van der Waals surface area contributed by atoms with E-state index in [0.29, 0.717) is 30.0 Å². The number of nitrogens with one attached hydrogen (secondary N) is 1. The summed E-state index contributed by atoms with van der Waals surface area (Å²) in [6.45, 7) is 5.51. The molecule has 206 valence electrons. The molecule has 0 radical (unpaired) electrons. The summed E-state index contributed by atoms with van der Waals surface area (Å²) in [5.74, 6) is 0.307. The molecule has 9 nitrogen and oxygen atoms in total. The standard InChI is InChI=1S/C30H32N6O3S/c1-28(2,3)40(39)35-30(38,21-15-22(37)16-21)26-8-4-6-23(33-26)19-10-11-20-17-32-36(24(20)14-19)27-9-5-7-25(34-27)29(18-31)12-13-29/h4-11,14,17,21-22,35,37-38H,12-13,15-16H2,1-3H3. The van der Waals surface area contributed by atoms with Gasteiger partial charge in [-0.25, -0.2) is 14.6 Å². The fraction of sp³-hybridized carbons (Fsp3) is 0.400. The van der Waals surface area contributed by atoms with Crippen molar-refractivity contribution in [3.8, 4) is 23.1 Å². The van der Waals surface area contributed by atoms with Gasteiger partial charge in [0.1, 0.15) is 4.75 Å². The Balaban J connectivity index is 1.37. The highest BCUT2D eigenvalue weighted by Gasteiger charge is 2.51. The summed E-state index contributed by atoms with van der Waals surface area (Å²) in [6, 6.07) is 19.4. The third kappa shape index (κ3) is 4.68. The minimum absolute atomic E-state index is 0.331. The highest BCUT2D eigenvalue weighted by molar-refractivity contribution is 7.90. The van der Waals surface area contributed by atoms with E-state index in [2.05, 4.69) is 15.9 Å². The number of hydrogen-bond donors (Lipinski definition) is 3. The SMILES string of the molecule is CC(C)(C)[S+]([O-])NC(O)(c1cccc(-c2ccc3cnn(-c4cccc(C5(C#N)CC5)n4)c3c2)n1)C1CC(O)C1. The second-order valence-corrected chi connectivity index (χ2v) is 13.9. The van der Waals surface area contributed by atoms with Gasteiger partial charge in [-0.1, -0.05) is 24.3 Å². The molecule has 10 heteroatoms. The van der Waals surface area contributed by atoms with Crippen molar-refractivity contribution in [2.75, 3.05) is 0 Å². The molecular weight excluding hydrogens is 524 g/mol. The van der Waals surface area contributed by atoms with E-state index in [1.54, 1.807) is 16.9 Å². The largest absolute Gasteiger partial charge is 0.598 e. The average molecular weight is 557 g/mol. The predicted molar refractivity (Wildman–Crippen MR) is 152 cm³/mol. The van der Waals surface area contributed by atoms with Gasteiger partial charge in [0.05, 0.1) is 46.4 Å². The Morgan fingerprint density at radius 1 is 1.10 bits per heavy atom. The van der Waals surface area contributed by atoms with Crippen LogP contribution >= 0.6 is 0 Å². The molecule has 2 atom stereocenters. The molecular formula is C30H32N6O3S. The first kappa shape index (κ1) is 26.9. The monoisotopic (exact) mass is 556 g/mol. The van der Waals surface area contributed by atoms with Gasteiger partial charge in [-0.3, -0.25) is 0 Å². The lowest BCUT2D eigenvalue weighted by molar-refractivity contribution is -0.113. The lowest BCUT2D eigenvalue weighted by Crippen LogP contribution is -2.59. The number of aromatic nitrogens is 4. The molecule has 0 aliphatic heterocycles. The molecule has 2 saturated carbocycles. The maximum absolute atomic E-state index is 13.0. The van der Waals surface area contributed by atoms with Crippen LogP contribution in [0.2, 0.25) is 0 Å². The van der Waals surface area contributed by atoms with Crippen LogP contribution in [0.4, 0.5) is 0 Å².